The minimum atomic E-state index is -0.156. The number of hydrogen-bond acceptors (Lipinski definition) is 6. The van der Waals surface area contributed by atoms with E-state index in [4.69, 9.17) is 16.3 Å². The zero-order valence-corrected chi connectivity index (χ0v) is 16.9. The van der Waals surface area contributed by atoms with E-state index >= 15 is 0 Å². The van der Waals surface area contributed by atoms with Crippen molar-refractivity contribution in [3.05, 3.63) is 53.4 Å². The minimum Gasteiger partial charge on any atom is -0.495 e. The van der Waals surface area contributed by atoms with Gasteiger partial charge in [-0.2, -0.15) is 5.10 Å². The lowest BCUT2D eigenvalue weighted by Gasteiger charge is -2.17. The van der Waals surface area contributed by atoms with E-state index in [9.17, 15) is 4.79 Å². The number of rotatable bonds is 5. The number of ether oxygens (including phenoxy) is 1. The highest BCUT2D eigenvalue weighted by atomic mass is 35.5. The molecule has 4 rings (SSSR count). The van der Waals surface area contributed by atoms with Gasteiger partial charge in [-0.1, -0.05) is 11.6 Å². The predicted octanol–water partition coefficient (Wildman–Crippen LogP) is 2.55. The van der Waals surface area contributed by atoms with Crippen LogP contribution in [-0.4, -0.2) is 51.9 Å². The third-order valence-electron chi connectivity index (χ3n) is 4.86. The molecule has 1 amide bonds. The topological polar surface area (TPSA) is 85.2 Å². The molecule has 0 saturated carbocycles. The molecule has 1 saturated heterocycles. The molecule has 8 nitrogen and oxygen atoms in total. The summed E-state index contributed by atoms with van der Waals surface area (Å²) in [5.41, 5.74) is 2.28. The Morgan fingerprint density at radius 3 is 2.97 bits per heavy atom. The largest absolute Gasteiger partial charge is 0.495 e. The summed E-state index contributed by atoms with van der Waals surface area (Å²) in [6, 6.07) is 6.87. The van der Waals surface area contributed by atoms with Gasteiger partial charge in [-0.3, -0.25) is 9.48 Å². The fourth-order valence-electron chi connectivity index (χ4n) is 3.34. The number of nitrogens with zero attached hydrogens (tertiary/aromatic N) is 5. The normalized spacial score (nSPS) is 16.1. The summed E-state index contributed by atoms with van der Waals surface area (Å²) in [7, 11) is 3.40. The Kier molecular flexibility index (Phi) is 5.35. The molecule has 1 aromatic carbocycles. The molecule has 0 radical (unpaired) electrons. The molecule has 3 heterocycles. The van der Waals surface area contributed by atoms with Crippen molar-refractivity contribution in [2.24, 2.45) is 7.05 Å². The lowest BCUT2D eigenvalue weighted by molar-refractivity contribution is 0.0940. The van der Waals surface area contributed by atoms with E-state index in [-0.39, 0.29) is 11.9 Å². The number of nitrogens with one attached hydrogen (secondary N) is 1. The van der Waals surface area contributed by atoms with E-state index in [0.29, 0.717) is 28.8 Å². The third-order valence-corrected chi connectivity index (χ3v) is 5.18. The van der Waals surface area contributed by atoms with E-state index in [1.165, 1.54) is 7.11 Å². The molecule has 9 heteroatoms. The number of hydrogen-bond donors (Lipinski definition) is 1. The van der Waals surface area contributed by atoms with Crippen molar-refractivity contribution in [1.29, 1.82) is 0 Å². The third kappa shape index (κ3) is 4.17. The average molecular weight is 413 g/mol. The summed E-state index contributed by atoms with van der Waals surface area (Å²) in [5.74, 6) is 0.973. The highest BCUT2D eigenvalue weighted by molar-refractivity contribution is 6.32. The van der Waals surface area contributed by atoms with E-state index in [2.05, 4.69) is 25.3 Å². The maximum absolute atomic E-state index is 12.6. The molecule has 3 aromatic rings. The first-order valence-electron chi connectivity index (χ1n) is 9.25. The van der Waals surface area contributed by atoms with Crippen molar-refractivity contribution >= 4 is 23.5 Å². The molecule has 0 bridgehead atoms. The maximum Gasteiger partial charge on any atom is 0.251 e. The highest BCUT2D eigenvalue weighted by Crippen LogP contribution is 2.25. The Bertz CT molecular complexity index is 1040. The van der Waals surface area contributed by atoms with Crippen LogP contribution in [0.25, 0.3) is 11.3 Å². The first-order valence-corrected chi connectivity index (χ1v) is 9.62. The van der Waals surface area contributed by atoms with Gasteiger partial charge in [-0.05, 0) is 30.7 Å². The van der Waals surface area contributed by atoms with Gasteiger partial charge in [0.05, 0.1) is 24.0 Å². The summed E-state index contributed by atoms with van der Waals surface area (Å²) >= 11 is 6.03. The van der Waals surface area contributed by atoms with Crippen LogP contribution in [-0.2, 0) is 7.05 Å². The second kappa shape index (κ2) is 8.08. The average Bonchev–Trinajstić information content (AvgIpc) is 3.37. The number of aromatic nitrogens is 4. The van der Waals surface area contributed by atoms with Crippen molar-refractivity contribution in [2.45, 2.75) is 12.5 Å². The molecule has 1 aliphatic heterocycles. The molecule has 1 N–H and O–H groups in total. The Hall–Kier alpha value is -3.13. The van der Waals surface area contributed by atoms with Gasteiger partial charge in [0.1, 0.15) is 5.75 Å². The standard InChI is InChI=1S/C20H21ClN6O2/c1-26-11-14(10-23-26)17-5-7-22-20(25-17)27-8-6-15(12-27)24-19(28)13-3-4-16(21)18(9-13)29-2/h3-5,7,9-11,15H,6,8,12H2,1-2H3,(H,24,28). The van der Waals surface area contributed by atoms with Crippen molar-refractivity contribution in [2.75, 3.05) is 25.1 Å². The SMILES string of the molecule is COc1cc(C(=O)NC2CCN(c3nccc(-c4cnn(C)c4)n3)C2)ccc1Cl. The molecular formula is C20H21ClN6O2. The van der Waals surface area contributed by atoms with Crippen LogP contribution < -0.4 is 15.0 Å². The van der Waals surface area contributed by atoms with Gasteiger partial charge in [-0.25, -0.2) is 9.97 Å². The predicted molar refractivity (Wildman–Crippen MR) is 110 cm³/mol. The molecule has 0 aliphatic carbocycles. The summed E-state index contributed by atoms with van der Waals surface area (Å²) in [6.07, 6.45) is 6.26. The fourth-order valence-corrected chi connectivity index (χ4v) is 3.54. The first kappa shape index (κ1) is 19.2. The van der Waals surface area contributed by atoms with Crippen LogP contribution in [0.15, 0.2) is 42.9 Å². The summed E-state index contributed by atoms with van der Waals surface area (Å²) in [6.45, 7) is 1.42. The van der Waals surface area contributed by atoms with Crippen molar-refractivity contribution in [1.82, 2.24) is 25.1 Å². The number of aryl methyl sites for hydroxylation is 1. The lowest BCUT2D eigenvalue weighted by Crippen LogP contribution is -2.37. The van der Waals surface area contributed by atoms with Crippen LogP contribution in [0.4, 0.5) is 5.95 Å². The van der Waals surface area contributed by atoms with E-state index in [1.807, 2.05) is 19.3 Å². The van der Waals surface area contributed by atoms with Crippen molar-refractivity contribution < 1.29 is 9.53 Å². The molecule has 0 spiro atoms. The zero-order chi connectivity index (χ0) is 20.4. The number of benzene rings is 1. The maximum atomic E-state index is 12.6. The summed E-state index contributed by atoms with van der Waals surface area (Å²) in [4.78, 5) is 23.7. The Balaban J connectivity index is 1.42. The number of halogens is 1. The molecule has 1 atom stereocenters. The number of amides is 1. The van der Waals surface area contributed by atoms with Gasteiger partial charge < -0.3 is 15.0 Å². The first-order chi connectivity index (χ1) is 14.0. The Morgan fingerprint density at radius 1 is 1.34 bits per heavy atom. The smallest absolute Gasteiger partial charge is 0.251 e. The lowest BCUT2D eigenvalue weighted by atomic mass is 10.1. The fraction of sp³-hybridized carbons (Fsp3) is 0.300. The summed E-state index contributed by atoms with van der Waals surface area (Å²) in [5, 5.41) is 7.73. The Labute approximate surface area is 173 Å². The molecule has 29 heavy (non-hydrogen) atoms. The zero-order valence-electron chi connectivity index (χ0n) is 16.2. The molecule has 1 aliphatic rings. The quantitative estimate of drug-likeness (QED) is 0.693. The number of methoxy groups -OCH3 is 1. The second-order valence-electron chi connectivity index (χ2n) is 6.90. The van der Waals surface area contributed by atoms with Crippen LogP contribution in [0.2, 0.25) is 5.02 Å². The van der Waals surface area contributed by atoms with E-state index in [1.54, 1.807) is 35.3 Å². The molecular weight excluding hydrogens is 392 g/mol. The van der Waals surface area contributed by atoms with E-state index in [0.717, 1.165) is 24.2 Å². The van der Waals surface area contributed by atoms with Crippen LogP contribution >= 0.6 is 11.6 Å². The van der Waals surface area contributed by atoms with Gasteiger partial charge in [0.15, 0.2) is 0 Å². The van der Waals surface area contributed by atoms with Crippen LogP contribution in [0.5, 0.6) is 5.75 Å². The van der Waals surface area contributed by atoms with Gasteiger partial charge in [0.25, 0.3) is 5.91 Å². The molecule has 1 unspecified atom stereocenters. The van der Waals surface area contributed by atoms with Gasteiger partial charge in [0, 0.05) is 49.7 Å². The van der Waals surface area contributed by atoms with E-state index < -0.39 is 0 Å². The number of carbonyl (C=O) groups is 1. The molecule has 150 valence electrons. The molecule has 2 aromatic heterocycles. The minimum absolute atomic E-state index is 0.00909. The Morgan fingerprint density at radius 2 is 2.21 bits per heavy atom. The monoisotopic (exact) mass is 412 g/mol. The van der Waals surface area contributed by atoms with Gasteiger partial charge in [0.2, 0.25) is 5.95 Å². The number of anilines is 1. The van der Waals surface area contributed by atoms with Crippen LogP contribution in [0.3, 0.4) is 0 Å². The van der Waals surface area contributed by atoms with Crippen molar-refractivity contribution in [3.63, 3.8) is 0 Å². The van der Waals surface area contributed by atoms with Crippen LogP contribution in [0.1, 0.15) is 16.8 Å². The molecule has 1 fully saturated rings. The van der Waals surface area contributed by atoms with Gasteiger partial charge in [-0.15, -0.1) is 0 Å². The number of carbonyl (C=O) groups excluding carboxylic acids is 1. The van der Waals surface area contributed by atoms with Gasteiger partial charge >= 0.3 is 0 Å². The van der Waals surface area contributed by atoms with Crippen LogP contribution in [0, 0.1) is 0 Å². The summed E-state index contributed by atoms with van der Waals surface area (Å²) < 4.78 is 6.93. The highest BCUT2D eigenvalue weighted by Gasteiger charge is 2.26. The van der Waals surface area contributed by atoms with Crippen molar-refractivity contribution in [3.8, 4) is 17.0 Å². The second-order valence-corrected chi connectivity index (χ2v) is 7.31.